The van der Waals surface area contributed by atoms with Crippen LogP contribution in [0.2, 0.25) is 0 Å². The molecule has 2 aromatic heterocycles. The molecule has 182 valence electrons. The molecular weight excluding hydrogens is 474 g/mol. The Labute approximate surface area is 213 Å². The van der Waals surface area contributed by atoms with Crippen molar-refractivity contribution in [1.29, 1.82) is 0 Å². The van der Waals surface area contributed by atoms with E-state index in [2.05, 4.69) is 46.9 Å². The van der Waals surface area contributed by atoms with Gasteiger partial charge in [0.25, 0.3) is 11.6 Å². The van der Waals surface area contributed by atoms with Crippen LogP contribution in [0.3, 0.4) is 0 Å². The SMILES string of the molecule is Cc1ccc(Sc2ncccc2C(=O)N2CCN(c3ccc([N+](=O)[O-])c4cnccc34)CC2)cc1C. The maximum atomic E-state index is 13.5. The van der Waals surface area contributed by atoms with Gasteiger partial charge in [0.15, 0.2) is 0 Å². The normalized spacial score (nSPS) is 13.7. The number of fused-ring (bicyclic) bond motifs is 1. The Balaban J connectivity index is 1.33. The van der Waals surface area contributed by atoms with Crippen LogP contribution in [0.5, 0.6) is 0 Å². The van der Waals surface area contributed by atoms with E-state index in [9.17, 15) is 14.9 Å². The lowest BCUT2D eigenvalue weighted by atomic mass is 10.1. The van der Waals surface area contributed by atoms with E-state index >= 15 is 0 Å². The number of piperazine rings is 1. The first kappa shape index (κ1) is 23.7. The molecule has 0 aliphatic carbocycles. The second kappa shape index (κ2) is 9.94. The molecule has 1 amide bonds. The van der Waals surface area contributed by atoms with Crippen LogP contribution in [0.1, 0.15) is 21.5 Å². The summed E-state index contributed by atoms with van der Waals surface area (Å²) in [6.07, 6.45) is 4.90. The number of aromatic nitrogens is 2. The molecule has 8 nitrogen and oxygen atoms in total. The zero-order valence-electron chi connectivity index (χ0n) is 20.0. The van der Waals surface area contributed by atoms with E-state index in [4.69, 9.17) is 0 Å². The minimum Gasteiger partial charge on any atom is -0.367 e. The number of amides is 1. The number of non-ortho nitro benzene ring substituents is 1. The topological polar surface area (TPSA) is 92.5 Å². The van der Waals surface area contributed by atoms with Gasteiger partial charge in [0.05, 0.1) is 15.9 Å². The molecule has 1 aliphatic rings. The highest BCUT2D eigenvalue weighted by atomic mass is 32.2. The van der Waals surface area contributed by atoms with Crippen molar-refractivity contribution in [2.75, 3.05) is 31.1 Å². The third-order valence-electron chi connectivity index (χ3n) is 6.57. The van der Waals surface area contributed by atoms with Crippen molar-refractivity contribution in [2.24, 2.45) is 0 Å². The quantitative estimate of drug-likeness (QED) is 0.273. The summed E-state index contributed by atoms with van der Waals surface area (Å²) in [4.78, 5) is 38.2. The molecule has 0 N–H and O–H groups in total. The molecule has 4 aromatic rings. The summed E-state index contributed by atoms with van der Waals surface area (Å²) in [7, 11) is 0. The number of carbonyl (C=O) groups is 1. The van der Waals surface area contributed by atoms with Crippen molar-refractivity contribution in [2.45, 2.75) is 23.8 Å². The number of nitro groups is 1. The molecule has 3 heterocycles. The molecule has 1 saturated heterocycles. The van der Waals surface area contributed by atoms with Gasteiger partial charge >= 0.3 is 0 Å². The molecular formula is C27H25N5O3S. The fourth-order valence-corrected chi connectivity index (χ4v) is 5.41. The van der Waals surface area contributed by atoms with Crippen LogP contribution in [-0.4, -0.2) is 51.9 Å². The highest BCUT2D eigenvalue weighted by Gasteiger charge is 2.26. The lowest BCUT2D eigenvalue weighted by molar-refractivity contribution is -0.383. The molecule has 1 aliphatic heterocycles. The van der Waals surface area contributed by atoms with Gasteiger partial charge in [-0.15, -0.1) is 0 Å². The maximum absolute atomic E-state index is 13.5. The van der Waals surface area contributed by atoms with Gasteiger partial charge in [-0.05, 0) is 61.4 Å². The lowest BCUT2D eigenvalue weighted by Crippen LogP contribution is -2.49. The van der Waals surface area contributed by atoms with E-state index in [0.717, 1.165) is 16.0 Å². The number of aryl methyl sites for hydroxylation is 2. The van der Waals surface area contributed by atoms with Crippen molar-refractivity contribution in [1.82, 2.24) is 14.9 Å². The van der Waals surface area contributed by atoms with Gasteiger partial charge in [0.2, 0.25) is 0 Å². The summed E-state index contributed by atoms with van der Waals surface area (Å²) in [5.41, 5.74) is 3.99. The van der Waals surface area contributed by atoms with Crippen molar-refractivity contribution in [3.63, 3.8) is 0 Å². The smallest absolute Gasteiger partial charge is 0.278 e. The third kappa shape index (κ3) is 4.61. The predicted octanol–water partition coefficient (Wildman–Crippen LogP) is 5.27. The number of hydrogen-bond acceptors (Lipinski definition) is 7. The van der Waals surface area contributed by atoms with E-state index < -0.39 is 0 Å². The number of anilines is 1. The second-order valence-corrected chi connectivity index (χ2v) is 9.83. The Morgan fingerprint density at radius 1 is 0.972 bits per heavy atom. The molecule has 0 bridgehead atoms. The minimum atomic E-state index is -0.383. The van der Waals surface area contributed by atoms with Crippen LogP contribution in [0.4, 0.5) is 11.4 Å². The fourth-order valence-electron chi connectivity index (χ4n) is 4.44. The molecule has 36 heavy (non-hydrogen) atoms. The molecule has 2 aromatic carbocycles. The number of nitro benzene ring substituents is 1. The zero-order valence-corrected chi connectivity index (χ0v) is 20.9. The monoisotopic (exact) mass is 499 g/mol. The first-order chi connectivity index (χ1) is 17.4. The third-order valence-corrected chi connectivity index (χ3v) is 7.58. The zero-order chi connectivity index (χ0) is 25.2. The van der Waals surface area contributed by atoms with E-state index in [0.29, 0.717) is 42.2 Å². The van der Waals surface area contributed by atoms with Gasteiger partial charge in [-0.2, -0.15) is 0 Å². The summed E-state index contributed by atoms with van der Waals surface area (Å²) in [5.74, 6) is -0.0353. The van der Waals surface area contributed by atoms with Crippen LogP contribution in [0.15, 0.2) is 77.0 Å². The molecule has 0 radical (unpaired) electrons. The number of hydrogen-bond donors (Lipinski definition) is 0. The second-order valence-electron chi connectivity index (χ2n) is 8.77. The van der Waals surface area contributed by atoms with E-state index in [1.165, 1.54) is 35.2 Å². The summed E-state index contributed by atoms with van der Waals surface area (Å²) in [6.45, 7) is 6.50. The van der Waals surface area contributed by atoms with Gasteiger partial charge < -0.3 is 9.80 Å². The van der Waals surface area contributed by atoms with Crippen molar-refractivity contribution in [3.8, 4) is 0 Å². The van der Waals surface area contributed by atoms with Crippen molar-refractivity contribution < 1.29 is 9.72 Å². The fraction of sp³-hybridized carbons (Fsp3) is 0.222. The van der Waals surface area contributed by atoms with Gasteiger partial charge in [-0.25, -0.2) is 4.98 Å². The van der Waals surface area contributed by atoms with Crippen LogP contribution in [0, 0.1) is 24.0 Å². The first-order valence-electron chi connectivity index (χ1n) is 11.7. The number of nitrogens with zero attached hydrogens (tertiary/aromatic N) is 5. The lowest BCUT2D eigenvalue weighted by Gasteiger charge is -2.36. The molecule has 0 saturated carbocycles. The van der Waals surface area contributed by atoms with E-state index in [1.54, 1.807) is 30.6 Å². The highest BCUT2D eigenvalue weighted by Crippen LogP contribution is 2.34. The Morgan fingerprint density at radius 2 is 1.78 bits per heavy atom. The molecule has 5 rings (SSSR count). The molecule has 0 unspecified atom stereocenters. The van der Waals surface area contributed by atoms with Crippen molar-refractivity contribution >= 4 is 39.8 Å². The van der Waals surface area contributed by atoms with Crippen LogP contribution < -0.4 is 4.90 Å². The average Bonchev–Trinajstić information content (AvgIpc) is 2.90. The van der Waals surface area contributed by atoms with Crippen LogP contribution in [-0.2, 0) is 0 Å². The van der Waals surface area contributed by atoms with Gasteiger partial charge in [-0.1, -0.05) is 17.8 Å². The minimum absolute atomic E-state index is 0.0353. The first-order valence-corrected chi connectivity index (χ1v) is 12.5. The maximum Gasteiger partial charge on any atom is 0.278 e. The molecule has 1 fully saturated rings. The van der Waals surface area contributed by atoms with Gasteiger partial charge in [0.1, 0.15) is 5.03 Å². The number of benzene rings is 2. The number of carbonyl (C=O) groups excluding carboxylic acids is 1. The van der Waals surface area contributed by atoms with E-state index in [-0.39, 0.29) is 16.5 Å². The molecule has 9 heteroatoms. The molecule has 0 atom stereocenters. The summed E-state index contributed by atoms with van der Waals surface area (Å²) in [6, 6.07) is 15.0. The summed E-state index contributed by atoms with van der Waals surface area (Å²) in [5, 5.41) is 13.4. The van der Waals surface area contributed by atoms with Gasteiger partial charge in [0, 0.05) is 66.8 Å². The highest BCUT2D eigenvalue weighted by molar-refractivity contribution is 7.99. The predicted molar refractivity (Wildman–Crippen MR) is 141 cm³/mol. The number of rotatable bonds is 5. The Hall–Kier alpha value is -3.98. The molecule has 0 spiro atoms. The largest absolute Gasteiger partial charge is 0.367 e. The Morgan fingerprint density at radius 3 is 2.53 bits per heavy atom. The summed E-state index contributed by atoms with van der Waals surface area (Å²) < 4.78 is 0. The standard InChI is InChI=1S/C27H25N5O3S/c1-18-5-6-20(16-19(18)2)36-26-22(4-3-10-29-26)27(33)31-14-12-30(13-15-31)24-7-8-25(32(34)35)23-17-28-11-9-21(23)24/h3-11,16-17H,12-15H2,1-2H3. The van der Waals surface area contributed by atoms with Crippen molar-refractivity contribution in [3.05, 3.63) is 93.9 Å². The average molecular weight is 500 g/mol. The van der Waals surface area contributed by atoms with E-state index in [1.807, 2.05) is 11.0 Å². The van der Waals surface area contributed by atoms with Crippen LogP contribution >= 0.6 is 11.8 Å². The number of pyridine rings is 2. The Bertz CT molecular complexity index is 1470. The van der Waals surface area contributed by atoms with Crippen LogP contribution in [0.25, 0.3) is 10.8 Å². The summed E-state index contributed by atoms with van der Waals surface area (Å²) >= 11 is 1.50. The van der Waals surface area contributed by atoms with Gasteiger partial charge in [-0.3, -0.25) is 19.9 Å². The Kier molecular flexibility index (Phi) is 6.56.